The minimum Gasteiger partial charge on any atom is -0.356 e. The molecule has 0 saturated heterocycles. The predicted octanol–water partition coefficient (Wildman–Crippen LogP) is 3.73. The molecule has 0 aliphatic rings. The van der Waals surface area contributed by atoms with Crippen molar-refractivity contribution in [2.45, 2.75) is 15.6 Å². The number of thiophene rings is 1. The van der Waals surface area contributed by atoms with E-state index in [1.165, 1.54) is 29.7 Å². The topological polar surface area (TPSA) is 73.8 Å². The number of rotatable bonds is 8. The van der Waals surface area contributed by atoms with Gasteiger partial charge in [0.05, 0.1) is 6.54 Å². The van der Waals surface area contributed by atoms with Gasteiger partial charge in [-0.05, 0) is 36.4 Å². The summed E-state index contributed by atoms with van der Waals surface area (Å²) in [5, 5.41) is 7.18. The molecule has 1 aromatic heterocycles. The number of guanidine groups is 1. The van der Waals surface area contributed by atoms with Gasteiger partial charge in [-0.3, -0.25) is 4.99 Å². The number of hydrogen-bond acceptors (Lipinski definition) is 5. The van der Waals surface area contributed by atoms with Crippen LogP contribution in [0.4, 0.5) is 0 Å². The molecule has 0 atom stereocenters. The zero-order valence-electron chi connectivity index (χ0n) is 15.8. The van der Waals surface area contributed by atoms with Gasteiger partial charge in [0.1, 0.15) is 4.21 Å². The lowest BCUT2D eigenvalue weighted by Crippen LogP contribution is -2.37. The Morgan fingerprint density at radius 3 is 2.46 bits per heavy atom. The quantitative estimate of drug-likeness (QED) is 0.165. The molecule has 0 bridgehead atoms. The number of benzene rings is 1. The molecule has 0 amide bonds. The van der Waals surface area contributed by atoms with E-state index in [-0.39, 0.29) is 24.0 Å². The number of sulfonamides is 1. The largest absolute Gasteiger partial charge is 0.356 e. The van der Waals surface area contributed by atoms with Crippen LogP contribution in [0, 0.1) is 0 Å². The van der Waals surface area contributed by atoms with Crippen molar-refractivity contribution < 1.29 is 8.42 Å². The van der Waals surface area contributed by atoms with Crippen molar-refractivity contribution in [3.63, 3.8) is 0 Å². The van der Waals surface area contributed by atoms with E-state index in [4.69, 9.17) is 11.6 Å². The molecule has 6 nitrogen and oxygen atoms in total. The maximum absolute atomic E-state index is 12.1. The molecule has 2 N–H and O–H groups in total. The SMILES string of the molecule is CN=C(NCCSc1ccc(Cl)cc1)NCc1ccc(S(=O)(=O)N(C)C)s1.I. The maximum Gasteiger partial charge on any atom is 0.252 e. The van der Waals surface area contributed by atoms with Crippen molar-refractivity contribution in [2.75, 3.05) is 33.4 Å². The molecule has 1 heterocycles. The van der Waals surface area contributed by atoms with Crippen LogP contribution in [0.1, 0.15) is 4.88 Å². The molecule has 0 aliphatic carbocycles. The number of aliphatic imine (C=N–C) groups is 1. The number of thioether (sulfide) groups is 1. The van der Waals surface area contributed by atoms with E-state index in [9.17, 15) is 8.42 Å². The highest BCUT2D eigenvalue weighted by atomic mass is 127. The van der Waals surface area contributed by atoms with E-state index in [1.807, 2.05) is 30.3 Å². The average Bonchev–Trinajstić information content (AvgIpc) is 3.12. The molecule has 0 radical (unpaired) electrons. The van der Waals surface area contributed by atoms with Crippen LogP contribution in [0.5, 0.6) is 0 Å². The Morgan fingerprint density at radius 1 is 1.18 bits per heavy atom. The molecule has 0 fully saturated rings. The molecule has 0 aliphatic heterocycles. The van der Waals surface area contributed by atoms with Gasteiger partial charge in [-0.15, -0.1) is 47.1 Å². The van der Waals surface area contributed by atoms with Crippen molar-refractivity contribution in [1.82, 2.24) is 14.9 Å². The molecule has 1 aromatic carbocycles. The molecule has 28 heavy (non-hydrogen) atoms. The van der Waals surface area contributed by atoms with E-state index in [0.717, 1.165) is 27.1 Å². The highest BCUT2D eigenvalue weighted by molar-refractivity contribution is 14.0. The van der Waals surface area contributed by atoms with Gasteiger partial charge in [0.25, 0.3) is 10.0 Å². The fraction of sp³-hybridized carbons (Fsp3) is 0.353. The molecule has 0 unspecified atom stereocenters. The first-order valence-corrected chi connectivity index (χ1v) is 11.8. The van der Waals surface area contributed by atoms with E-state index in [2.05, 4.69) is 15.6 Å². The third kappa shape index (κ3) is 7.71. The summed E-state index contributed by atoms with van der Waals surface area (Å²) >= 11 is 8.87. The van der Waals surface area contributed by atoms with Gasteiger partial charge in [-0.1, -0.05) is 11.6 Å². The standard InChI is InChI=1S/C17H23ClN4O2S3.HI/c1-19-17(20-10-11-25-14-6-4-13(18)5-7-14)21-12-15-8-9-16(26-15)27(23,24)22(2)3;/h4-9H,10-12H2,1-3H3,(H2,19,20,21);1H. The van der Waals surface area contributed by atoms with Crippen LogP contribution in [0.15, 0.2) is 50.5 Å². The summed E-state index contributed by atoms with van der Waals surface area (Å²) in [5.41, 5.74) is 0. The Morgan fingerprint density at radius 2 is 1.86 bits per heavy atom. The smallest absolute Gasteiger partial charge is 0.252 e. The fourth-order valence-electron chi connectivity index (χ4n) is 2.03. The van der Waals surface area contributed by atoms with Crippen LogP contribution in [-0.2, 0) is 16.6 Å². The second-order valence-corrected chi connectivity index (χ2v) is 10.8. The first-order valence-electron chi connectivity index (χ1n) is 8.17. The van der Waals surface area contributed by atoms with E-state index in [0.29, 0.717) is 16.7 Å². The van der Waals surface area contributed by atoms with E-state index < -0.39 is 10.0 Å². The average molecular weight is 575 g/mol. The van der Waals surface area contributed by atoms with Crippen molar-refractivity contribution in [3.05, 3.63) is 46.3 Å². The van der Waals surface area contributed by atoms with Crippen molar-refractivity contribution in [2.24, 2.45) is 4.99 Å². The highest BCUT2D eigenvalue weighted by Gasteiger charge is 2.19. The summed E-state index contributed by atoms with van der Waals surface area (Å²) in [5.74, 6) is 1.56. The second kappa shape index (κ2) is 12.2. The Labute approximate surface area is 197 Å². The first-order chi connectivity index (χ1) is 12.8. The van der Waals surface area contributed by atoms with Crippen molar-refractivity contribution in [1.29, 1.82) is 0 Å². The number of hydrogen-bond donors (Lipinski definition) is 2. The fourth-order valence-corrected chi connectivity index (χ4v) is 5.39. The van der Waals surface area contributed by atoms with Crippen LogP contribution in [-0.4, -0.2) is 52.1 Å². The summed E-state index contributed by atoms with van der Waals surface area (Å²) in [4.78, 5) is 6.28. The van der Waals surface area contributed by atoms with Crippen molar-refractivity contribution >= 4 is 74.7 Å². The predicted molar refractivity (Wildman–Crippen MR) is 131 cm³/mol. The van der Waals surface area contributed by atoms with Gasteiger partial charge in [0, 0.05) is 48.2 Å². The molecule has 156 valence electrons. The lowest BCUT2D eigenvalue weighted by atomic mass is 10.4. The van der Waals surface area contributed by atoms with E-state index >= 15 is 0 Å². The lowest BCUT2D eigenvalue weighted by Gasteiger charge is -2.11. The van der Waals surface area contributed by atoms with Crippen LogP contribution < -0.4 is 10.6 Å². The van der Waals surface area contributed by atoms with Crippen LogP contribution in [0.25, 0.3) is 0 Å². The van der Waals surface area contributed by atoms with Gasteiger partial charge in [0.2, 0.25) is 0 Å². The third-order valence-corrected chi connectivity index (χ3v) is 8.14. The zero-order valence-corrected chi connectivity index (χ0v) is 21.3. The second-order valence-electron chi connectivity index (χ2n) is 5.66. The minimum atomic E-state index is -3.38. The molecular formula is C17H24ClIN4O2S3. The summed E-state index contributed by atoms with van der Waals surface area (Å²) in [6.07, 6.45) is 0. The lowest BCUT2D eigenvalue weighted by molar-refractivity contribution is 0.523. The Kier molecular flexibility index (Phi) is 11.1. The minimum absolute atomic E-state index is 0. The Balaban J connectivity index is 0.00000392. The van der Waals surface area contributed by atoms with Crippen molar-refractivity contribution in [3.8, 4) is 0 Å². The van der Waals surface area contributed by atoms with E-state index in [1.54, 1.807) is 24.9 Å². The summed E-state index contributed by atoms with van der Waals surface area (Å²) < 4.78 is 25.8. The summed E-state index contributed by atoms with van der Waals surface area (Å²) in [6, 6.07) is 11.2. The molecule has 2 aromatic rings. The number of nitrogens with zero attached hydrogens (tertiary/aromatic N) is 2. The van der Waals surface area contributed by atoms with Gasteiger partial charge < -0.3 is 10.6 Å². The summed E-state index contributed by atoms with van der Waals surface area (Å²) in [6.45, 7) is 1.26. The van der Waals surface area contributed by atoms with Crippen LogP contribution in [0.2, 0.25) is 5.02 Å². The highest BCUT2D eigenvalue weighted by Crippen LogP contribution is 2.23. The molecule has 0 spiro atoms. The Bertz CT molecular complexity index is 871. The van der Waals surface area contributed by atoms with Gasteiger partial charge in [0.15, 0.2) is 5.96 Å². The monoisotopic (exact) mass is 574 g/mol. The van der Waals surface area contributed by atoms with Crippen LogP contribution >= 0.6 is 58.7 Å². The zero-order chi connectivity index (χ0) is 19.9. The molecule has 11 heteroatoms. The first kappa shape index (κ1) is 25.5. The molecular weight excluding hydrogens is 551 g/mol. The molecule has 0 saturated carbocycles. The van der Waals surface area contributed by atoms with Crippen LogP contribution in [0.3, 0.4) is 0 Å². The summed E-state index contributed by atoms with van der Waals surface area (Å²) in [7, 11) is 1.38. The maximum atomic E-state index is 12.1. The normalized spacial score (nSPS) is 12.0. The third-order valence-electron chi connectivity index (χ3n) is 3.50. The Hall–Kier alpha value is -0.530. The molecule has 2 rings (SSSR count). The van der Waals surface area contributed by atoms with Gasteiger partial charge >= 0.3 is 0 Å². The van der Waals surface area contributed by atoms with Gasteiger partial charge in [-0.25, -0.2) is 12.7 Å². The van der Waals surface area contributed by atoms with Gasteiger partial charge in [-0.2, -0.15) is 0 Å². The number of halogens is 2. The number of nitrogens with one attached hydrogen (secondary N) is 2.